The van der Waals surface area contributed by atoms with Gasteiger partial charge in [0.2, 0.25) is 0 Å². The van der Waals surface area contributed by atoms with Crippen molar-refractivity contribution < 1.29 is 27.5 Å². The number of carbonyl (C=O) groups is 2. The number of benzene rings is 2. The van der Waals surface area contributed by atoms with Crippen molar-refractivity contribution >= 4 is 12.2 Å². The third-order valence-electron chi connectivity index (χ3n) is 4.06. The number of amides is 1. The quantitative estimate of drug-likeness (QED) is 0.409. The fourth-order valence-electron chi connectivity index (χ4n) is 2.40. The van der Waals surface area contributed by atoms with Gasteiger partial charge in [0.25, 0.3) is 5.91 Å². The minimum Gasteiger partial charge on any atom is -0.457 e. The number of rotatable bonds is 7. The summed E-state index contributed by atoms with van der Waals surface area (Å²) in [5.41, 5.74) is 10.2. The van der Waals surface area contributed by atoms with Crippen LogP contribution < -0.4 is 16.2 Å². The Balaban J connectivity index is 2.13. The van der Waals surface area contributed by atoms with Gasteiger partial charge in [0.05, 0.1) is 16.8 Å². The van der Waals surface area contributed by atoms with Gasteiger partial charge in [-0.05, 0) is 47.9 Å². The Morgan fingerprint density at radius 3 is 2.31 bits per heavy atom. The first-order valence-electron chi connectivity index (χ1n) is 8.50. The summed E-state index contributed by atoms with van der Waals surface area (Å²) in [6.45, 7) is 1.92. The van der Waals surface area contributed by atoms with E-state index in [2.05, 4.69) is 0 Å². The lowest BCUT2D eigenvalue weighted by atomic mass is 10.0. The van der Waals surface area contributed by atoms with Crippen LogP contribution >= 0.6 is 0 Å². The molecule has 1 amide bonds. The number of halogens is 3. The molecule has 152 valence electrons. The van der Waals surface area contributed by atoms with Gasteiger partial charge >= 0.3 is 6.18 Å². The van der Waals surface area contributed by atoms with Crippen molar-refractivity contribution in [1.82, 2.24) is 0 Å². The molecule has 0 heterocycles. The van der Waals surface area contributed by atoms with Crippen LogP contribution in [0.4, 0.5) is 13.2 Å². The predicted octanol–water partition coefficient (Wildman–Crippen LogP) is 4.30. The summed E-state index contributed by atoms with van der Waals surface area (Å²) in [6.07, 6.45) is 0.609. The number of hydrogen-bond donors (Lipinski definition) is 2. The Morgan fingerprint density at radius 2 is 1.76 bits per heavy atom. The third-order valence-corrected chi connectivity index (χ3v) is 4.06. The number of allylic oxidation sites excluding steroid dienone is 3. The van der Waals surface area contributed by atoms with E-state index in [1.807, 2.05) is 13.0 Å². The maximum Gasteiger partial charge on any atom is 0.416 e. The highest BCUT2D eigenvalue weighted by molar-refractivity contribution is 5.91. The number of alkyl halides is 3. The Bertz CT molecular complexity index is 949. The van der Waals surface area contributed by atoms with E-state index in [1.165, 1.54) is 6.08 Å². The van der Waals surface area contributed by atoms with E-state index in [4.69, 9.17) is 16.2 Å². The zero-order valence-corrected chi connectivity index (χ0v) is 15.4. The molecule has 0 aliphatic carbocycles. The predicted molar refractivity (Wildman–Crippen MR) is 102 cm³/mol. The molecule has 1 atom stereocenters. The van der Waals surface area contributed by atoms with Crippen molar-refractivity contribution in [2.45, 2.75) is 19.0 Å². The van der Waals surface area contributed by atoms with E-state index >= 15 is 0 Å². The normalized spacial score (nSPS) is 13.3. The Morgan fingerprint density at radius 1 is 1.10 bits per heavy atom. The summed E-state index contributed by atoms with van der Waals surface area (Å²) in [7, 11) is 0. The summed E-state index contributed by atoms with van der Waals surface area (Å²) in [4.78, 5) is 22.0. The molecule has 0 aliphatic rings. The molecule has 0 saturated heterocycles. The number of nitrogens with two attached hydrogens (primary N) is 2. The second-order valence-corrected chi connectivity index (χ2v) is 6.20. The minimum absolute atomic E-state index is 0.0161. The minimum atomic E-state index is -4.54. The van der Waals surface area contributed by atoms with Crippen LogP contribution in [-0.2, 0) is 11.0 Å². The average Bonchev–Trinajstić information content (AvgIpc) is 2.67. The summed E-state index contributed by atoms with van der Waals surface area (Å²) < 4.78 is 43.8. The van der Waals surface area contributed by atoms with E-state index in [0.717, 1.165) is 23.8 Å². The van der Waals surface area contributed by atoms with E-state index < -0.39 is 17.6 Å². The molecular weight excluding hydrogens is 385 g/mol. The van der Waals surface area contributed by atoms with Crippen LogP contribution in [0.2, 0.25) is 0 Å². The molecule has 0 aromatic heterocycles. The smallest absolute Gasteiger partial charge is 0.416 e. The average molecular weight is 404 g/mol. The molecule has 2 rings (SSSR count). The molecule has 8 heteroatoms. The van der Waals surface area contributed by atoms with Crippen molar-refractivity contribution in [3.05, 3.63) is 83.1 Å². The van der Waals surface area contributed by atoms with E-state index in [-0.39, 0.29) is 22.9 Å². The third kappa shape index (κ3) is 5.97. The first kappa shape index (κ1) is 21.7. The molecule has 1 unspecified atom stereocenters. The van der Waals surface area contributed by atoms with Gasteiger partial charge in [-0.2, -0.15) is 13.2 Å². The molecule has 0 bridgehead atoms. The second-order valence-electron chi connectivity index (χ2n) is 6.20. The van der Waals surface area contributed by atoms with Crippen molar-refractivity contribution in [3.63, 3.8) is 0 Å². The number of carbonyl (C=O) groups excluding carboxylic acids is 2. The summed E-state index contributed by atoms with van der Waals surface area (Å²) >= 11 is 0. The molecule has 0 aliphatic heterocycles. The highest BCUT2D eigenvalue weighted by Crippen LogP contribution is 2.33. The first-order valence-corrected chi connectivity index (χ1v) is 8.50. The van der Waals surface area contributed by atoms with Gasteiger partial charge in [-0.25, -0.2) is 0 Å². The highest BCUT2D eigenvalue weighted by Gasteiger charge is 2.31. The standard InChI is InChI=1S/C21H19F3N2O3/c1-13(3-2-4-18(25)20(26)28)14-5-8-17(9-6-14)29-19-10-7-16(21(22,23)24)11-15(19)12-27/h2-13H,25H2,1H3,(H2,26,28)/b3-2-,18-4-. The van der Waals surface area contributed by atoms with Crippen molar-refractivity contribution in [2.75, 3.05) is 0 Å². The topological polar surface area (TPSA) is 95.4 Å². The monoisotopic (exact) mass is 404 g/mol. The molecule has 0 fully saturated rings. The molecule has 0 radical (unpaired) electrons. The van der Waals surface area contributed by atoms with E-state index in [9.17, 15) is 22.8 Å². The lowest BCUT2D eigenvalue weighted by Crippen LogP contribution is -2.19. The molecule has 2 aromatic carbocycles. The van der Waals surface area contributed by atoms with Gasteiger partial charge in [0.1, 0.15) is 11.5 Å². The number of primary amides is 1. The van der Waals surface area contributed by atoms with Crippen LogP contribution in [0.15, 0.2) is 66.4 Å². The first-order chi connectivity index (χ1) is 13.6. The zero-order valence-electron chi connectivity index (χ0n) is 15.4. The van der Waals surface area contributed by atoms with Crippen LogP contribution in [0.3, 0.4) is 0 Å². The van der Waals surface area contributed by atoms with Crippen molar-refractivity contribution in [1.29, 1.82) is 0 Å². The molecule has 2 aromatic rings. The van der Waals surface area contributed by atoms with E-state index in [0.29, 0.717) is 12.0 Å². The summed E-state index contributed by atoms with van der Waals surface area (Å²) in [6, 6.07) is 9.54. The van der Waals surface area contributed by atoms with Crippen molar-refractivity contribution in [2.24, 2.45) is 11.5 Å². The maximum absolute atomic E-state index is 12.8. The Kier molecular flexibility index (Phi) is 6.82. The van der Waals surface area contributed by atoms with Crippen LogP contribution in [0, 0.1) is 0 Å². The molecular formula is C21H19F3N2O3. The van der Waals surface area contributed by atoms with Crippen LogP contribution in [0.5, 0.6) is 11.5 Å². The molecule has 29 heavy (non-hydrogen) atoms. The molecule has 0 spiro atoms. The number of ether oxygens (including phenoxy) is 1. The van der Waals surface area contributed by atoms with Crippen LogP contribution in [0.1, 0.15) is 34.3 Å². The fraction of sp³-hybridized carbons (Fsp3) is 0.143. The van der Waals surface area contributed by atoms with Gasteiger partial charge in [-0.1, -0.05) is 31.2 Å². The van der Waals surface area contributed by atoms with E-state index in [1.54, 1.807) is 30.3 Å². The molecule has 5 nitrogen and oxygen atoms in total. The molecule has 4 N–H and O–H groups in total. The second kappa shape index (κ2) is 9.09. The van der Waals surface area contributed by atoms with Crippen molar-refractivity contribution in [3.8, 4) is 11.5 Å². The largest absolute Gasteiger partial charge is 0.457 e. The SMILES string of the molecule is CC(/C=C\C=C(/N)C(N)=O)c1ccc(Oc2ccc(C(F)(F)F)cc2C=O)cc1. The van der Waals surface area contributed by atoms with Gasteiger partial charge in [0.15, 0.2) is 6.29 Å². The number of aldehydes is 1. The van der Waals surface area contributed by atoms with Crippen LogP contribution in [-0.4, -0.2) is 12.2 Å². The molecule has 0 saturated carbocycles. The van der Waals surface area contributed by atoms with Crippen LogP contribution in [0.25, 0.3) is 0 Å². The zero-order chi connectivity index (χ0) is 21.6. The number of hydrogen-bond acceptors (Lipinski definition) is 4. The Labute approximate surface area is 165 Å². The maximum atomic E-state index is 12.8. The summed E-state index contributed by atoms with van der Waals surface area (Å²) in [5, 5.41) is 0. The lowest BCUT2D eigenvalue weighted by Gasteiger charge is -2.12. The van der Waals surface area contributed by atoms with Gasteiger partial charge < -0.3 is 16.2 Å². The fourth-order valence-corrected chi connectivity index (χ4v) is 2.40. The lowest BCUT2D eigenvalue weighted by molar-refractivity contribution is -0.137. The van der Waals surface area contributed by atoms with Gasteiger partial charge in [-0.3, -0.25) is 9.59 Å². The highest BCUT2D eigenvalue weighted by atomic mass is 19.4. The van der Waals surface area contributed by atoms with Gasteiger partial charge in [0, 0.05) is 0 Å². The van der Waals surface area contributed by atoms with Gasteiger partial charge in [-0.15, -0.1) is 0 Å². The Hall–Kier alpha value is -3.55. The summed E-state index contributed by atoms with van der Waals surface area (Å²) in [5.74, 6) is -0.328.